The van der Waals surface area contributed by atoms with Gasteiger partial charge in [-0.05, 0) is 63.4 Å². The van der Waals surface area contributed by atoms with Crippen LogP contribution in [0, 0.1) is 0 Å². The maximum Gasteiger partial charge on any atom is 0.161 e. The van der Waals surface area contributed by atoms with Gasteiger partial charge in [0.05, 0.1) is 34.5 Å². The molecule has 0 spiro atoms. The van der Waals surface area contributed by atoms with E-state index in [1.54, 1.807) is 21.3 Å². The van der Waals surface area contributed by atoms with Crippen LogP contribution in [0.3, 0.4) is 0 Å². The zero-order chi connectivity index (χ0) is 19.3. The average molecular weight is 379 g/mol. The van der Waals surface area contributed by atoms with E-state index >= 15 is 0 Å². The topological polar surface area (TPSA) is 40.2 Å². The molecule has 0 aliphatic carbocycles. The van der Waals surface area contributed by atoms with Crippen LogP contribution in [-0.2, 0) is 17.7 Å². The first-order valence-corrected chi connectivity index (χ1v) is 9.72. The van der Waals surface area contributed by atoms with Crippen LogP contribution in [0.2, 0.25) is 0 Å². The Hall–Kier alpha value is -2.50. The normalized spacial score (nSPS) is 19.3. The van der Waals surface area contributed by atoms with E-state index in [9.17, 15) is 0 Å². The quantitative estimate of drug-likeness (QED) is 0.648. The number of benzene rings is 3. The van der Waals surface area contributed by atoms with Crippen molar-refractivity contribution in [1.82, 2.24) is 4.90 Å². The van der Waals surface area contributed by atoms with Gasteiger partial charge in [-0.2, -0.15) is 0 Å². The molecule has 3 aromatic carbocycles. The minimum atomic E-state index is 0.438. The predicted octanol–water partition coefficient (Wildman–Crippen LogP) is 3.78. The van der Waals surface area contributed by atoms with E-state index in [0.29, 0.717) is 6.04 Å². The number of morpholine rings is 1. The summed E-state index contributed by atoms with van der Waals surface area (Å²) in [6.07, 6.45) is 0.989. The van der Waals surface area contributed by atoms with Gasteiger partial charge in [-0.1, -0.05) is 6.07 Å². The maximum atomic E-state index is 5.76. The molecule has 1 saturated heterocycles. The Bertz CT molecular complexity index is 1060. The van der Waals surface area contributed by atoms with Gasteiger partial charge in [0.25, 0.3) is 0 Å². The first kappa shape index (κ1) is 17.6. The number of rotatable bonds is 3. The summed E-state index contributed by atoms with van der Waals surface area (Å²) >= 11 is 0. The van der Waals surface area contributed by atoms with Gasteiger partial charge in [0, 0.05) is 19.1 Å². The van der Waals surface area contributed by atoms with Crippen LogP contribution in [0.4, 0.5) is 0 Å². The summed E-state index contributed by atoms with van der Waals surface area (Å²) in [7, 11) is 5.09. The van der Waals surface area contributed by atoms with Gasteiger partial charge in [-0.15, -0.1) is 0 Å². The van der Waals surface area contributed by atoms with Gasteiger partial charge in [-0.3, -0.25) is 4.90 Å². The van der Waals surface area contributed by atoms with Crippen molar-refractivity contribution in [1.29, 1.82) is 0 Å². The summed E-state index contributed by atoms with van der Waals surface area (Å²) in [6, 6.07) is 11.1. The summed E-state index contributed by atoms with van der Waals surface area (Å²) in [6.45, 7) is 3.56. The third kappa shape index (κ3) is 2.61. The Morgan fingerprint density at radius 2 is 1.61 bits per heavy atom. The van der Waals surface area contributed by atoms with Crippen molar-refractivity contribution in [3.8, 4) is 17.2 Å². The standard InChI is InChI=1S/C23H25NO4/c1-25-15-4-5-16-18(9-15)20-11-23(27-3)22(26-2)10-19(20)17-8-14-13-28-7-6-24(14)12-21(16)17/h4-5,9-11,14H,6-8,12-13H2,1-3H3/t14-/m1/s1. The van der Waals surface area contributed by atoms with Crippen LogP contribution in [0.15, 0.2) is 30.3 Å². The minimum Gasteiger partial charge on any atom is -0.497 e. The zero-order valence-electron chi connectivity index (χ0n) is 16.6. The lowest BCUT2D eigenvalue weighted by Gasteiger charge is -2.41. The summed E-state index contributed by atoms with van der Waals surface area (Å²) < 4.78 is 22.5. The molecule has 5 heteroatoms. The van der Waals surface area contributed by atoms with Gasteiger partial charge >= 0.3 is 0 Å². The van der Waals surface area contributed by atoms with Crippen molar-refractivity contribution in [2.24, 2.45) is 0 Å². The molecule has 2 aliphatic heterocycles. The SMILES string of the molecule is COc1ccc2c3c(c4cc(OC)c(OC)cc4c2c1)C[C@@H]1COCCN1C3. The second-order valence-electron chi connectivity index (χ2n) is 7.52. The molecule has 0 bridgehead atoms. The highest BCUT2D eigenvalue weighted by molar-refractivity contribution is 6.12. The number of fused-ring (bicyclic) bond motifs is 7. The van der Waals surface area contributed by atoms with E-state index in [1.165, 1.54) is 32.7 Å². The Morgan fingerprint density at radius 1 is 0.857 bits per heavy atom. The van der Waals surface area contributed by atoms with E-state index < -0.39 is 0 Å². The second-order valence-corrected chi connectivity index (χ2v) is 7.52. The number of ether oxygens (including phenoxy) is 4. The van der Waals surface area contributed by atoms with Crippen LogP contribution in [0.25, 0.3) is 21.5 Å². The molecule has 0 saturated carbocycles. The molecule has 1 atom stereocenters. The van der Waals surface area contributed by atoms with Crippen molar-refractivity contribution in [2.75, 3.05) is 41.1 Å². The lowest BCUT2D eigenvalue weighted by Crippen LogP contribution is -2.48. The van der Waals surface area contributed by atoms with E-state index in [1.807, 2.05) is 0 Å². The Balaban J connectivity index is 1.85. The molecule has 5 nitrogen and oxygen atoms in total. The van der Waals surface area contributed by atoms with E-state index in [4.69, 9.17) is 18.9 Å². The fourth-order valence-electron chi connectivity index (χ4n) is 4.75. The van der Waals surface area contributed by atoms with Gasteiger partial charge in [0.1, 0.15) is 5.75 Å². The fraction of sp³-hybridized carbons (Fsp3) is 0.391. The Kier molecular flexibility index (Phi) is 4.29. The molecule has 0 radical (unpaired) electrons. The van der Waals surface area contributed by atoms with Crippen molar-refractivity contribution >= 4 is 21.5 Å². The lowest BCUT2D eigenvalue weighted by molar-refractivity contribution is -0.0158. The molecule has 146 valence electrons. The molecule has 0 aromatic heterocycles. The summed E-state index contributed by atoms with van der Waals surface area (Å²) in [4.78, 5) is 2.56. The molecular formula is C23H25NO4. The molecule has 28 heavy (non-hydrogen) atoms. The molecule has 5 rings (SSSR count). The third-order valence-corrected chi connectivity index (χ3v) is 6.21. The van der Waals surface area contributed by atoms with Crippen molar-refractivity contribution in [3.05, 3.63) is 41.5 Å². The number of nitrogens with zero attached hydrogens (tertiary/aromatic N) is 1. The largest absolute Gasteiger partial charge is 0.497 e. The number of methoxy groups -OCH3 is 3. The first-order chi connectivity index (χ1) is 13.7. The van der Waals surface area contributed by atoms with E-state index in [-0.39, 0.29) is 0 Å². The van der Waals surface area contributed by atoms with Crippen molar-refractivity contribution < 1.29 is 18.9 Å². The van der Waals surface area contributed by atoms with Crippen LogP contribution in [0.5, 0.6) is 17.2 Å². The highest BCUT2D eigenvalue weighted by Crippen LogP contribution is 2.43. The highest BCUT2D eigenvalue weighted by atomic mass is 16.5. The molecule has 0 N–H and O–H groups in total. The summed E-state index contributed by atoms with van der Waals surface area (Å²) in [5, 5.41) is 4.90. The number of hydrogen-bond donors (Lipinski definition) is 0. The Morgan fingerprint density at radius 3 is 2.36 bits per heavy atom. The molecule has 1 fully saturated rings. The number of hydrogen-bond acceptors (Lipinski definition) is 5. The molecule has 0 unspecified atom stereocenters. The van der Waals surface area contributed by atoms with E-state index in [2.05, 4.69) is 35.2 Å². The predicted molar refractivity (Wildman–Crippen MR) is 110 cm³/mol. The molecule has 3 aromatic rings. The highest BCUT2D eigenvalue weighted by Gasteiger charge is 2.31. The Labute approximate surface area is 164 Å². The van der Waals surface area contributed by atoms with Crippen LogP contribution < -0.4 is 14.2 Å². The summed E-state index contributed by atoms with van der Waals surface area (Å²) in [5.74, 6) is 2.38. The van der Waals surface area contributed by atoms with Crippen LogP contribution in [-0.4, -0.2) is 52.0 Å². The zero-order valence-corrected chi connectivity index (χ0v) is 16.6. The third-order valence-electron chi connectivity index (χ3n) is 6.21. The molecular weight excluding hydrogens is 354 g/mol. The van der Waals surface area contributed by atoms with Crippen LogP contribution >= 0.6 is 0 Å². The second kappa shape index (κ2) is 6.83. The maximum absolute atomic E-state index is 5.76. The van der Waals surface area contributed by atoms with E-state index in [0.717, 1.165) is 50.0 Å². The van der Waals surface area contributed by atoms with Gasteiger partial charge in [0.15, 0.2) is 11.5 Å². The molecule has 2 heterocycles. The minimum absolute atomic E-state index is 0.438. The monoisotopic (exact) mass is 379 g/mol. The average Bonchev–Trinajstić information content (AvgIpc) is 2.76. The first-order valence-electron chi connectivity index (χ1n) is 9.72. The smallest absolute Gasteiger partial charge is 0.161 e. The summed E-state index contributed by atoms with van der Waals surface area (Å²) in [5.41, 5.74) is 2.82. The molecule has 2 aliphatic rings. The van der Waals surface area contributed by atoms with Gasteiger partial charge in [0.2, 0.25) is 0 Å². The van der Waals surface area contributed by atoms with Crippen molar-refractivity contribution in [2.45, 2.75) is 19.0 Å². The molecule has 0 amide bonds. The van der Waals surface area contributed by atoms with Gasteiger partial charge < -0.3 is 18.9 Å². The van der Waals surface area contributed by atoms with Crippen molar-refractivity contribution in [3.63, 3.8) is 0 Å². The van der Waals surface area contributed by atoms with Gasteiger partial charge in [-0.25, -0.2) is 0 Å². The fourth-order valence-corrected chi connectivity index (χ4v) is 4.75. The lowest BCUT2D eigenvalue weighted by atomic mass is 9.84. The van der Waals surface area contributed by atoms with Crippen LogP contribution in [0.1, 0.15) is 11.1 Å².